The van der Waals surface area contributed by atoms with Gasteiger partial charge in [0.1, 0.15) is 0 Å². The van der Waals surface area contributed by atoms with Crippen LogP contribution in [0.4, 0.5) is 0 Å². The Morgan fingerprint density at radius 1 is 0.400 bits per heavy atom. The van der Waals surface area contributed by atoms with E-state index in [1.54, 1.807) is 0 Å². The molecule has 9 aromatic rings. The smallest absolute Gasteiger partial charge is 0.0998 e. The molecule has 0 spiro atoms. The van der Waals surface area contributed by atoms with E-state index >= 15 is 0 Å². The minimum absolute atomic E-state index is 0.573. The Morgan fingerprint density at radius 2 is 1.04 bits per heavy atom. The summed E-state index contributed by atoms with van der Waals surface area (Å²) >= 11 is 0. The monoisotopic (exact) mass is 635 g/mol. The predicted octanol–water partition coefficient (Wildman–Crippen LogP) is 10.8. The van der Waals surface area contributed by atoms with Gasteiger partial charge in [0.2, 0.25) is 0 Å². The van der Waals surface area contributed by atoms with Crippen LogP contribution in [-0.4, -0.2) is 9.13 Å². The van der Waals surface area contributed by atoms with E-state index in [1.807, 2.05) is 72.8 Å². The fourth-order valence-electron chi connectivity index (χ4n) is 7.39. The van der Waals surface area contributed by atoms with Gasteiger partial charge in [-0.1, -0.05) is 84.9 Å². The Labute approximate surface area is 287 Å². The molecule has 5 nitrogen and oxygen atoms in total. The van der Waals surface area contributed by atoms with Crippen LogP contribution >= 0.6 is 0 Å². The molecule has 0 unspecified atom stereocenters. The van der Waals surface area contributed by atoms with Gasteiger partial charge in [-0.05, 0) is 83.4 Å². The van der Waals surface area contributed by atoms with Crippen LogP contribution in [-0.2, 0) is 0 Å². The van der Waals surface area contributed by atoms with Gasteiger partial charge in [0.15, 0.2) is 0 Å². The summed E-state index contributed by atoms with van der Waals surface area (Å²) in [6, 6.07) is 57.9. The molecule has 50 heavy (non-hydrogen) atoms. The molecular weight excluding hydrogens is 611 g/mol. The van der Waals surface area contributed by atoms with Crippen LogP contribution < -0.4 is 0 Å². The topological polar surface area (TPSA) is 81.2 Å². The second-order valence-electron chi connectivity index (χ2n) is 12.3. The van der Waals surface area contributed by atoms with Crippen molar-refractivity contribution in [2.24, 2.45) is 0 Å². The van der Waals surface area contributed by atoms with Crippen LogP contribution in [0.15, 0.2) is 152 Å². The molecule has 0 aliphatic carbocycles. The first-order chi connectivity index (χ1) is 24.7. The first-order valence-electron chi connectivity index (χ1n) is 16.3. The molecule has 0 bridgehead atoms. The van der Waals surface area contributed by atoms with Gasteiger partial charge in [0.05, 0.1) is 62.7 Å². The average molecular weight is 636 g/mol. The fraction of sp³-hybridized carbons (Fsp3) is 0. The predicted molar refractivity (Wildman–Crippen MR) is 200 cm³/mol. The third kappa shape index (κ3) is 4.38. The van der Waals surface area contributed by atoms with Crippen molar-refractivity contribution in [2.75, 3.05) is 0 Å². The molecule has 0 saturated heterocycles. The van der Waals surface area contributed by atoms with Gasteiger partial charge in [0, 0.05) is 32.8 Å². The number of hydrogen-bond donors (Lipinski definition) is 0. The van der Waals surface area contributed by atoms with Crippen LogP contribution in [0.5, 0.6) is 0 Å². The number of hydrogen-bond acceptors (Lipinski definition) is 3. The lowest BCUT2D eigenvalue weighted by atomic mass is 9.97. The van der Waals surface area contributed by atoms with Gasteiger partial charge in [-0.2, -0.15) is 15.8 Å². The lowest BCUT2D eigenvalue weighted by molar-refractivity contribution is 1.18. The van der Waals surface area contributed by atoms with E-state index in [-0.39, 0.29) is 0 Å². The van der Waals surface area contributed by atoms with Gasteiger partial charge in [0.25, 0.3) is 0 Å². The van der Waals surface area contributed by atoms with Crippen molar-refractivity contribution < 1.29 is 0 Å². The zero-order valence-corrected chi connectivity index (χ0v) is 26.7. The first kappa shape index (κ1) is 28.8. The van der Waals surface area contributed by atoms with E-state index in [2.05, 4.69) is 106 Å². The third-order valence-electron chi connectivity index (χ3n) is 9.62. The second-order valence-corrected chi connectivity index (χ2v) is 12.3. The Morgan fingerprint density at radius 3 is 1.82 bits per heavy atom. The van der Waals surface area contributed by atoms with Crippen molar-refractivity contribution >= 4 is 43.6 Å². The standard InChI is InChI=1S/C45H25N5/c46-26-29-16-22-42-39(23-29)37-10-1-3-12-40(37)50(42)44-24-30(27-47)15-21-36(44)32-19-17-31(18-20-32)33-7-5-9-35(25-33)49-41-13-4-2-11-38(41)45-34(28-48)8-6-14-43(45)49/h1-25H. The largest absolute Gasteiger partial charge is 0.309 e. The van der Waals surface area contributed by atoms with Gasteiger partial charge in [-0.3, -0.25) is 0 Å². The van der Waals surface area contributed by atoms with Crippen LogP contribution in [0.2, 0.25) is 0 Å². The van der Waals surface area contributed by atoms with E-state index in [4.69, 9.17) is 0 Å². The summed E-state index contributed by atoms with van der Waals surface area (Å²) in [5.41, 5.74) is 12.0. The highest BCUT2D eigenvalue weighted by atomic mass is 15.0. The molecule has 0 radical (unpaired) electrons. The van der Waals surface area contributed by atoms with Gasteiger partial charge in [-0.15, -0.1) is 0 Å². The number of aromatic nitrogens is 2. The molecular formula is C45H25N5. The van der Waals surface area contributed by atoms with E-state index in [0.29, 0.717) is 16.7 Å². The molecule has 0 amide bonds. The molecule has 0 fully saturated rings. The van der Waals surface area contributed by atoms with E-state index < -0.39 is 0 Å². The van der Waals surface area contributed by atoms with Crippen LogP contribution in [0.1, 0.15) is 16.7 Å². The van der Waals surface area contributed by atoms with Gasteiger partial charge < -0.3 is 9.13 Å². The maximum Gasteiger partial charge on any atom is 0.0998 e. The van der Waals surface area contributed by atoms with E-state index in [9.17, 15) is 15.8 Å². The Kier molecular flexibility index (Phi) is 6.56. The molecule has 0 N–H and O–H groups in total. The zero-order chi connectivity index (χ0) is 33.8. The minimum atomic E-state index is 0.573. The van der Waals surface area contributed by atoms with Crippen LogP contribution in [0, 0.1) is 34.0 Å². The van der Waals surface area contributed by atoms with Crippen molar-refractivity contribution in [3.63, 3.8) is 0 Å². The normalized spacial score (nSPS) is 11.1. The second kappa shape index (κ2) is 11.4. The molecule has 9 rings (SSSR count). The highest BCUT2D eigenvalue weighted by Gasteiger charge is 2.18. The number of fused-ring (bicyclic) bond motifs is 6. The quantitative estimate of drug-likeness (QED) is 0.193. The lowest BCUT2D eigenvalue weighted by Crippen LogP contribution is -1.98. The summed E-state index contributed by atoms with van der Waals surface area (Å²) in [6.07, 6.45) is 0. The van der Waals surface area contributed by atoms with Crippen molar-refractivity contribution in [1.29, 1.82) is 15.8 Å². The Balaban J connectivity index is 1.17. The number of nitrogens with zero attached hydrogens (tertiary/aromatic N) is 5. The molecule has 7 aromatic carbocycles. The summed E-state index contributed by atoms with van der Waals surface area (Å²) in [4.78, 5) is 0. The number of benzene rings is 7. The molecule has 2 aromatic heterocycles. The molecule has 5 heteroatoms. The number of nitriles is 3. The summed E-state index contributed by atoms with van der Waals surface area (Å²) in [5, 5.41) is 33.5. The molecule has 0 aliphatic rings. The number of para-hydroxylation sites is 2. The molecule has 0 saturated carbocycles. The average Bonchev–Trinajstić information content (AvgIpc) is 3.70. The van der Waals surface area contributed by atoms with Crippen molar-refractivity contribution in [1.82, 2.24) is 9.13 Å². The summed E-state index contributed by atoms with van der Waals surface area (Å²) < 4.78 is 4.43. The lowest BCUT2D eigenvalue weighted by Gasteiger charge is -2.15. The fourth-order valence-corrected chi connectivity index (χ4v) is 7.39. The maximum atomic E-state index is 9.90. The highest BCUT2D eigenvalue weighted by Crippen LogP contribution is 2.39. The molecule has 230 valence electrons. The van der Waals surface area contributed by atoms with E-state index in [0.717, 1.165) is 77.2 Å². The van der Waals surface area contributed by atoms with Crippen LogP contribution in [0.3, 0.4) is 0 Å². The SMILES string of the molecule is N#Cc1ccc(-c2ccc(-c3cccc(-n4c5ccccc5c5c(C#N)cccc54)c3)cc2)c(-n2c3ccccc3c3cc(C#N)ccc32)c1. The van der Waals surface area contributed by atoms with Crippen molar-refractivity contribution in [3.05, 3.63) is 168 Å². The summed E-state index contributed by atoms with van der Waals surface area (Å²) in [6.45, 7) is 0. The number of rotatable bonds is 4. The Bertz CT molecular complexity index is 2960. The van der Waals surface area contributed by atoms with Gasteiger partial charge in [-0.25, -0.2) is 0 Å². The zero-order valence-electron chi connectivity index (χ0n) is 26.7. The summed E-state index contributed by atoms with van der Waals surface area (Å²) in [7, 11) is 0. The molecule has 2 heterocycles. The van der Waals surface area contributed by atoms with Crippen molar-refractivity contribution in [2.45, 2.75) is 0 Å². The van der Waals surface area contributed by atoms with Gasteiger partial charge >= 0.3 is 0 Å². The first-order valence-corrected chi connectivity index (χ1v) is 16.3. The van der Waals surface area contributed by atoms with Crippen LogP contribution in [0.25, 0.3) is 77.2 Å². The van der Waals surface area contributed by atoms with E-state index in [1.165, 1.54) is 0 Å². The Hall–Kier alpha value is -7.39. The third-order valence-corrected chi connectivity index (χ3v) is 9.62. The maximum absolute atomic E-state index is 9.90. The summed E-state index contributed by atoms with van der Waals surface area (Å²) in [5.74, 6) is 0. The minimum Gasteiger partial charge on any atom is -0.309 e. The molecule has 0 atom stereocenters. The molecule has 0 aliphatic heterocycles. The highest BCUT2D eigenvalue weighted by molar-refractivity contribution is 6.12. The van der Waals surface area contributed by atoms with Crippen molar-refractivity contribution in [3.8, 4) is 51.8 Å².